The van der Waals surface area contributed by atoms with Crippen molar-refractivity contribution < 1.29 is 23.9 Å². The second-order valence-electron chi connectivity index (χ2n) is 6.57. The molecule has 3 aliphatic heterocycles. The normalized spacial score (nSPS) is 19.6. The van der Waals surface area contributed by atoms with E-state index in [2.05, 4.69) is 4.74 Å². The number of esters is 1. The smallest absolute Gasteiger partial charge is 0.313 e. The van der Waals surface area contributed by atoms with Crippen LogP contribution < -0.4 is 0 Å². The van der Waals surface area contributed by atoms with Crippen LogP contribution in [-0.2, 0) is 23.9 Å². The average molecular weight is 391 g/mol. The van der Waals surface area contributed by atoms with Crippen molar-refractivity contribution in [2.75, 3.05) is 45.9 Å². The summed E-state index contributed by atoms with van der Waals surface area (Å²) in [6.45, 7) is 8.81. The van der Waals surface area contributed by atoms with E-state index < -0.39 is 5.97 Å². The Hall–Kier alpha value is -2.11. The lowest BCUT2D eigenvalue weighted by atomic mass is 10.0. The summed E-state index contributed by atoms with van der Waals surface area (Å²) in [6, 6.07) is 0. The van der Waals surface area contributed by atoms with Crippen molar-refractivity contribution in [2.24, 2.45) is 0 Å². The van der Waals surface area contributed by atoms with Gasteiger partial charge in [0.25, 0.3) is 0 Å². The molecule has 0 unspecified atom stereocenters. The molecule has 0 amide bonds. The van der Waals surface area contributed by atoms with Crippen LogP contribution in [0.25, 0.3) is 0 Å². The van der Waals surface area contributed by atoms with Crippen LogP contribution in [0.1, 0.15) is 20.3 Å². The molecule has 1 aliphatic carbocycles. The molecule has 0 aromatic carbocycles. The highest BCUT2D eigenvalue weighted by molar-refractivity contribution is 6.22. The largest absolute Gasteiger partial charge is 0.466 e. The van der Waals surface area contributed by atoms with Crippen LogP contribution in [0.4, 0.5) is 0 Å². The fraction of sp³-hybridized carbons (Fsp3) is 0.556. The Labute approximate surface area is 168 Å². The molecule has 9 heteroatoms. The van der Waals surface area contributed by atoms with Crippen molar-refractivity contribution >= 4 is 40.7 Å². The van der Waals surface area contributed by atoms with E-state index in [4.69, 9.17) is 0 Å². The Morgan fingerprint density at radius 1 is 0.963 bits per heavy atom. The van der Waals surface area contributed by atoms with Crippen LogP contribution >= 0.6 is 0 Å². The summed E-state index contributed by atoms with van der Waals surface area (Å²) in [5, 5.41) is 0. The Balaban J connectivity index is 0.000000228. The summed E-state index contributed by atoms with van der Waals surface area (Å²) < 4.78 is 4.49. The van der Waals surface area contributed by atoms with Crippen molar-refractivity contribution in [2.45, 2.75) is 20.3 Å². The van der Waals surface area contributed by atoms with Crippen LogP contribution in [0.15, 0.2) is 23.2 Å². The van der Waals surface area contributed by atoms with Gasteiger partial charge in [0.15, 0.2) is 17.4 Å². The maximum absolute atomic E-state index is 12.4. The standard InChI is InChI=1S/C12H13N3O2.C6H10O3.Al.3H/c16-9-7-8(13-1-2-13)12(17)11(15-5-6-15)10(9)14-3-4-14;1-3-9-6(8)4-5(2)7;;;;/h7H,1-6H2;3-4H2,1-2H3;;;;. The van der Waals surface area contributed by atoms with E-state index in [1.54, 1.807) is 6.92 Å². The third kappa shape index (κ3) is 5.44. The molecule has 0 spiro atoms. The first-order valence-electron chi connectivity index (χ1n) is 8.87. The van der Waals surface area contributed by atoms with E-state index in [1.807, 2.05) is 14.7 Å². The second-order valence-corrected chi connectivity index (χ2v) is 6.57. The number of allylic oxidation sites excluding steroid dienone is 1. The number of carbonyl (C=O) groups excluding carboxylic acids is 4. The highest BCUT2D eigenvalue weighted by atomic mass is 27.0. The molecule has 8 nitrogen and oxygen atoms in total. The highest BCUT2D eigenvalue weighted by Gasteiger charge is 2.43. The number of ether oxygens (including phenoxy) is 1. The summed E-state index contributed by atoms with van der Waals surface area (Å²) in [4.78, 5) is 51.1. The molecule has 27 heavy (non-hydrogen) atoms. The van der Waals surface area contributed by atoms with Crippen molar-refractivity contribution in [3.63, 3.8) is 0 Å². The fourth-order valence-corrected chi connectivity index (χ4v) is 2.69. The molecule has 4 aliphatic rings. The number of carbonyl (C=O) groups is 4. The van der Waals surface area contributed by atoms with Crippen LogP contribution in [0.3, 0.4) is 0 Å². The molecular weight excluding hydrogens is 365 g/mol. The van der Waals surface area contributed by atoms with E-state index in [0.717, 1.165) is 39.3 Å². The molecule has 0 aromatic heterocycles. The topological polar surface area (TPSA) is 86.5 Å². The molecule has 0 bridgehead atoms. The zero-order valence-electron chi connectivity index (χ0n) is 15.1. The van der Waals surface area contributed by atoms with Crippen LogP contribution in [0, 0.1) is 0 Å². The minimum atomic E-state index is -0.440. The van der Waals surface area contributed by atoms with E-state index in [1.165, 1.54) is 13.0 Å². The Kier molecular flexibility index (Phi) is 6.85. The van der Waals surface area contributed by atoms with Crippen molar-refractivity contribution in [1.29, 1.82) is 0 Å². The molecule has 0 N–H and O–H groups in total. The Morgan fingerprint density at radius 3 is 1.93 bits per heavy atom. The second kappa shape index (κ2) is 8.72. The van der Waals surface area contributed by atoms with E-state index in [-0.39, 0.29) is 41.1 Å². The third-order valence-electron chi connectivity index (χ3n) is 4.19. The summed E-state index contributed by atoms with van der Waals surface area (Å²) in [7, 11) is 0. The Bertz CT molecular complexity index is 719. The lowest BCUT2D eigenvalue weighted by molar-refractivity contribution is -0.145. The van der Waals surface area contributed by atoms with Crippen LogP contribution in [-0.4, -0.2) is 101 Å². The third-order valence-corrected chi connectivity index (χ3v) is 4.19. The van der Waals surface area contributed by atoms with Crippen LogP contribution in [0.2, 0.25) is 0 Å². The maximum Gasteiger partial charge on any atom is 0.313 e. The van der Waals surface area contributed by atoms with Gasteiger partial charge in [-0.1, -0.05) is 0 Å². The van der Waals surface area contributed by atoms with Gasteiger partial charge >= 0.3 is 5.97 Å². The molecule has 0 atom stereocenters. The summed E-state index contributed by atoms with van der Waals surface area (Å²) in [5.74, 6) is -0.550. The predicted molar refractivity (Wildman–Crippen MR) is 102 cm³/mol. The first-order chi connectivity index (χ1) is 12.4. The lowest BCUT2D eigenvalue weighted by Crippen LogP contribution is -2.29. The van der Waals surface area contributed by atoms with Gasteiger partial charge in [-0.2, -0.15) is 0 Å². The molecule has 0 aromatic rings. The molecule has 0 saturated carbocycles. The zero-order chi connectivity index (χ0) is 18.8. The number of Topliss-reactive ketones (excluding diaryl/α,β-unsaturated/α-hetero) is 2. The van der Waals surface area contributed by atoms with Crippen LogP contribution in [0.5, 0.6) is 0 Å². The quantitative estimate of drug-likeness (QED) is 0.178. The predicted octanol–water partition coefficient (Wildman–Crippen LogP) is -1.47. The monoisotopic (exact) mass is 391 g/mol. The molecule has 3 heterocycles. The summed E-state index contributed by atoms with van der Waals surface area (Å²) in [5.41, 5.74) is 1.89. The minimum Gasteiger partial charge on any atom is -0.466 e. The number of ketones is 3. The summed E-state index contributed by atoms with van der Waals surface area (Å²) >= 11 is 0. The molecule has 0 radical (unpaired) electrons. The van der Waals surface area contributed by atoms with Gasteiger partial charge < -0.3 is 19.4 Å². The number of nitrogens with zero attached hydrogens (tertiary/aromatic N) is 3. The van der Waals surface area contributed by atoms with E-state index >= 15 is 0 Å². The Morgan fingerprint density at radius 2 is 1.48 bits per heavy atom. The average Bonchev–Trinajstić information content (AvgIpc) is 3.43. The number of hydrogen-bond acceptors (Lipinski definition) is 8. The highest BCUT2D eigenvalue weighted by Crippen LogP contribution is 2.33. The van der Waals surface area contributed by atoms with Gasteiger partial charge in [0, 0.05) is 45.3 Å². The van der Waals surface area contributed by atoms with Gasteiger partial charge in [0.2, 0.25) is 11.6 Å². The molecule has 3 fully saturated rings. The van der Waals surface area contributed by atoms with Gasteiger partial charge in [-0.3, -0.25) is 19.2 Å². The number of hydrogen-bond donors (Lipinski definition) is 0. The molecule has 4 rings (SSSR count). The summed E-state index contributed by atoms with van der Waals surface area (Å²) in [6.07, 6.45) is 1.42. The fourth-order valence-electron chi connectivity index (χ4n) is 2.69. The van der Waals surface area contributed by atoms with Gasteiger partial charge in [-0.05, 0) is 13.8 Å². The van der Waals surface area contributed by atoms with E-state index in [9.17, 15) is 19.2 Å². The van der Waals surface area contributed by atoms with E-state index in [0.29, 0.717) is 23.7 Å². The van der Waals surface area contributed by atoms with Crippen molar-refractivity contribution in [3.8, 4) is 0 Å². The molecular formula is C18H26AlN3O5. The number of rotatable bonds is 6. The molecule has 3 saturated heterocycles. The van der Waals surface area contributed by atoms with Crippen molar-refractivity contribution in [1.82, 2.24) is 14.7 Å². The maximum atomic E-state index is 12.4. The van der Waals surface area contributed by atoms with Gasteiger partial charge in [-0.15, -0.1) is 0 Å². The van der Waals surface area contributed by atoms with Crippen molar-refractivity contribution in [3.05, 3.63) is 23.2 Å². The first-order valence-corrected chi connectivity index (χ1v) is 8.87. The zero-order valence-corrected chi connectivity index (χ0v) is 15.1. The SMILES string of the molecule is CCOC(=O)CC(C)=O.O=C1C=C(N2CC2)C(=O)C(N2CC2)=C1N1CC1.[AlH3]. The first kappa shape index (κ1) is 21.2. The molecule has 146 valence electrons. The van der Waals surface area contributed by atoms with Gasteiger partial charge in [0.1, 0.15) is 23.6 Å². The minimum absolute atomic E-state index is 0. The van der Waals surface area contributed by atoms with Gasteiger partial charge in [0.05, 0.1) is 12.3 Å². The lowest BCUT2D eigenvalue weighted by Gasteiger charge is -2.21. The van der Waals surface area contributed by atoms with Gasteiger partial charge in [-0.25, -0.2) is 0 Å².